The van der Waals surface area contributed by atoms with E-state index in [0.29, 0.717) is 11.8 Å². The largest absolute Gasteiger partial charge is 0.489 e. The molecule has 0 aliphatic carbocycles. The van der Waals surface area contributed by atoms with Gasteiger partial charge in [0, 0.05) is 17.6 Å². The topological polar surface area (TPSA) is 27.1 Å². The number of benzene rings is 1. The third kappa shape index (κ3) is 3.04. The molecule has 1 aromatic heterocycles. The maximum atomic E-state index is 6.16. The van der Waals surface area contributed by atoms with E-state index >= 15 is 0 Å². The SMILES string of the molecule is CCc1cc(OCc2c(C)nn(C)c2Cl)ccc1Cl. The van der Waals surface area contributed by atoms with E-state index in [1.807, 2.05) is 32.2 Å². The molecule has 0 radical (unpaired) electrons. The van der Waals surface area contributed by atoms with Crippen LogP contribution >= 0.6 is 23.2 Å². The van der Waals surface area contributed by atoms with Crippen LogP contribution in [0.2, 0.25) is 10.2 Å². The molecule has 0 fully saturated rings. The van der Waals surface area contributed by atoms with E-state index < -0.39 is 0 Å². The maximum Gasteiger partial charge on any atom is 0.133 e. The first-order valence-corrected chi connectivity index (χ1v) is 6.87. The van der Waals surface area contributed by atoms with Gasteiger partial charge >= 0.3 is 0 Å². The summed E-state index contributed by atoms with van der Waals surface area (Å²) in [5.41, 5.74) is 2.88. The first kappa shape index (κ1) is 14.2. The summed E-state index contributed by atoms with van der Waals surface area (Å²) in [7, 11) is 1.82. The zero-order chi connectivity index (χ0) is 14.0. The minimum atomic E-state index is 0.406. The quantitative estimate of drug-likeness (QED) is 0.847. The Morgan fingerprint density at radius 1 is 1.32 bits per heavy atom. The third-order valence-corrected chi connectivity index (χ3v) is 3.89. The predicted octanol–water partition coefficient (Wildman–Crippen LogP) is 4.18. The number of aromatic nitrogens is 2. The Morgan fingerprint density at radius 2 is 2.05 bits per heavy atom. The number of ether oxygens (including phenoxy) is 1. The van der Waals surface area contributed by atoms with E-state index in [4.69, 9.17) is 27.9 Å². The Bertz CT molecular complexity index is 593. The van der Waals surface area contributed by atoms with Crippen molar-refractivity contribution in [3.63, 3.8) is 0 Å². The first-order chi connectivity index (χ1) is 9.02. The maximum absolute atomic E-state index is 6.16. The molecule has 102 valence electrons. The Labute approximate surface area is 123 Å². The lowest BCUT2D eigenvalue weighted by molar-refractivity contribution is 0.305. The summed E-state index contributed by atoms with van der Waals surface area (Å²) in [5.74, 6) is 0.792. The summed E-state index contributed by atoms with van der Waals surface area (Å²) < 4.78 is 7.42. The Balaban J connectivity index is 2.14. The van der Waals surface area contributed by atoms with Gasteiger partial charge in [-0.05, 0) is 37.1 Å². The molecule has 0 saturated carbocycles. The van der Waals surface area contributed by atoms with Crippen LogP contribution in [-0.2, 0) is 20.1 Å². The highest BCUT2D eigenvalue weighted by Gasteiger charge is 2.12. The molecule has 0 unspecified atom stereocenters. The van der Waals surface area contributed by atoms with Gasteiger partial charge in [-0.15, -0.1) is 0 Å². The van der Waals surface area contributed by atoms with Crippen molar-refractivity contribution in [3.8, 4) is 5.75 Å². The molecule has 0 saturated heterocycles. The molecule has 1 aromatic carbocycles. The number of rotatable bonds is 4. The van der Waals surface area contributed by atoms with Gasteiger partial charge in [0.2, 0.25) is 0 Å². The summed E-state index contributed by atoms with van der Waals surface area (Å²) in [6.45, 7) is 4.39. The number of halogens is 2. The highest BCUT2D eigenvalue weighted by molar-refractivity contribution is 6.31. The lowest BCUT2D eigenvalue weighted by Crippen LogP contribution is -1.98. The number of aryl methyl sites for hydroxylation is 3. The Kier molecular flexibility index (Phi) is 4.38. The zero-order valence-corrected chi connectivity index (χ0v) is 12.7. The standard InChI is InChI=1S/C14H16Cl2N2O/c1-4-10-7-11(5-6-13(10)15)19-8-12-9(2)17-18(3)14(12)16/h5-7H,4,8H2,1-3H3. The summed E-state index contributed by atoms with van der Waals surface area (Å²) in [6.07, 6.45) is 0.878. The van der Waals surface area contributed by atoms with E-state index in [-0.39, 0.29) is 0 Å². The summed E-state index contributed by atoms with van der Waals surface area (Å²) in [5, 5.41) is 5.64. The highest BCUT2D eigenvalue weighted by Crippen LogP contribution is 2.25. The van der Waals surface area contributed by atoms with Crippen molar-refractivity contribution in [2.45, 2.75) is 26.9 Å². The Hall–Kier alpha value is -1.19. The van der Waals surface area contributed by atoms with E-state index in [2.05, 4.69) is 12.0 Å². The fourth-order valence-electron chi connectivity index (χ4n) is 1.91. The van der Waals surface area contributed by atoms with Gasteiger partial charge in [-0.2, -0.15) is 5.10 Å². The molecule has 1 heterocycles. The molecule has 0 N–H and O–H groups in total. The molecule has 3 nitrogen and oxygen atoms in total. The highest BCUT2D eigenvalue weighted by atomic mass is 35.5. The Morgan fingerprint density at radius 3 is 2.63 bits per heavy atom. The molecule has 19 heavy (non-hydrogen) atoms. The smallest absolute Gasteiger partial charge is 0.133 e. The first-order valence-electron chi connectivity index (χ1n) is 6.12. The van der Waals surface area contributed by atoms with Crippen LogP contribution in [0.4, 0.5) is 0 Å². The molecule has 0 aliphatic rings. The average molecular weight is 299 g/mol. The van der Waals surface area contributed by atoms with E-state index in [1.165, 1.54) is 0 Å². The number of nitrogens with zero attached hydrogens (tertiary/aromatic N) is 2. The zero-order valence-electron chi connectivity index (χ0n) is 11.2. The van der Waals surface area contributed by atoms with Gasteiger partial charge in [0.15, 0.2) is 0 Å². The van der Waals surface area contributed by atoms with Gasteiger partial charge in [0.05, 0.1) is 5.69 Å². The summed E-state index contributed by atoms with van der Waals surface area (Å²) >= 11 is 12.2. The van der Waals surface area contributed by atoms with Gasteiger partial charge in [0.25, 0.3) is 0 Å². The van der Waals surface area contributed by atoms with Gasteiger partial charge in [-0.1, -0.05) is 30.1 Å². The minimum Gasteiger partial charge on any atom is -0.489 e. The molecule has 0 bridgehead atoms. The summed E-state index contributed by atoms with van der Waals surface area (Å²) in [6, 6.07) is 5.68. The normalized spacial score (nSPS) is 10.8. The van der Waals surface area contributed by atoms with Crippen molar-refractivity contribution in [2.24, 2.45) is 7.05 Å². The van der Waals surface area contributed by atoms with Crippen molar-refractivity contribution in [1.82, 2.24) is 9.78 Å². The molecular weight excluding hydrogens is 283 g/mol. The second-order valence-electron chi connectivity index (χ2n) is 4.37. The average Bonchev–Trinajstić information content (AvgIpc) is 2.63. The molecule has 2 aromatic rings. The van der Waals surface area contributed by atoms with Crippen LogP contribution in [0.1, 0.15) is 23.7 Å². The summed E-state index contributed by atoms with van der Waals surface area (Å²) in [4.78, 5) is 0. The molecule has 0 spiro atoms. The third-order valence-electron chi connectivity index (χ3n) is 3.05. The van der Waals surface area contributed by atoms with E-state index in [1.54, 1.807) is 4.68 Å². The predicted molar refractivity (Wildman–Crippen MR) is 78.1 cm³/mol. The molecular formula is C14H16Cl2N2O. The molecule has 0 amide bonds. The molecule has 5 heteroatoms. The second kappa shape index (κ2) is 5.85. The number of hydrogen-bond donors (Lipinski definition) is 0. The van der Waals surface area contributed by atoms with Crippen LogP contribution in [0.25, 0.3) is 0 Å². The lowest BCUT2D eigenvalue weighted by Gasteiger charge is -2.08. The van der Waals surface area contributed by atoms with Crippen LogP contribution in [0, 0.1) is 6.92 Å². The monoisotopic (exact) mass is 298 g/mol. The molecule has 0 aliphatic heterocycles. The van der Waals surface area contributed by atoms with Crippen LogP contribution in [0.15, 0.2) is 18.2 Å². The van der Waals surface area contributed by atoms with Gasteiger partial charge in [0.1, 0.15) is 17.5 Å². The number of hydrogen-bond acceptors (Lipinski definition) is 2. The van der Waals surface area contributed by atoms with Crippen molar-refractivity contribution in [3.05, 3.63) is 45.2 Å². The molecule has 2 rings (SSSR count). The van der Waals surface area contributed by atoms with Crippen LogP contribution in [0.5, 0.6) is 5.75 Å². The van der Waals surface area contributed by atoms with Crippen molar-refractivity contribution in [2.75, 3.05) is 0 Å². The van der Waals surface area contributed by atoms with Crippen LogP contribution in [-0.4, -0.2) is 9.78 Å². The lowest BCUT2D eigenvalue weighted by atomic mass is 10.1. The van der Waals surface area contributed by atoms with E-state index in [0.717, 1.165) is 34.0 Å². The van der Waals surface area contributed by atoms with Crippen LogP contribution < -0.4 is 4.74 Å². The minimum absolute atomic E-state index is 0.406. The van der Waals surface area contributed by atoms with Crippen molar-refractivity contribution < 1.29 is 4.74 Å². The van der Waals surface area contributed by atoms with Gasteiger partial charge < -0.3 is 4.74 Å². The van der Waals surface area contributed by atoms with Crippen LogP contribution in [0.3, 0.4) is 0 Å². The fraction of sp³-hybridized carbons (Fsp3) is 0.357. The fourth-order valence-corrected chi connectivity index (χ4v) is 2.39. The second-order valence-corrected chi connectivity index (χ2v) is 5.14. The van der Waals surface area contributed by atoms with Crippen molar-refractivity contribution in [1.29, 1.82) is 0 Å². The molecule has 0 atom stereocenters. The van der Waals surface area contributed by atoms with E-state index in [9.17, 15) is 0 Å². The van der Waals surface area contributed by atoms with Gasteiger partial charge in [-0.3, -0.25) is 4.68 Å². The van der Waals surface area contributed by atoms with Crippen molar-refractivity contribution >= 4 is 23.2 Å². The van der Waals surface area contributed by atoms with Gasteiger partial charge in [-0.25, -0.2) is 0 Å².